The molecule has 0 radical (unpaired) electrons. The van der Waals surface area contributed by atoms with Crippen molar-refractivity contribution in [2.45, 2.75) is 19.5 Å². The number of rotatable bonds is 6. The van der Waals surface area contributed by atoms with E-state index in [0.717, 1.165) is 20.8 Å². The number of nitrogens with zero attached hydrogens (tertiary/aromatic N) is 2. The van der Waals surface area contributed by atoms with Crippen molar-refractivity contribution in [3.8, 4) is 0 Å². The fraction of sp³-hybridized carbons (Fsp3) is 0.182. The average molecular weight is 441 g/mol. The molecule has 2 aromatic carbocycles. The molecule has 1 aromatic heterocycles. The molecule has 160 valence electrons. The summed E-state index contributed by atoms with van der Waals surface area (Å²) in [4.78, 5) is 49.6. The molecule has 0 spiro atoms. The smallest absolute Gasteiger partial charge is 0.332 e. The molecule has 8 nitrogen and oxygen atoms in total. The first-order valence-corrected chi connectivity index (χ1v) is 9.86. The minimum Gasteiger partial charge on any atom is -0.345 e. The van der Waals surface area contributed by atoms with Crippen molar-refractivity contribution in [3.05, 3.63) is 97.8 Å². The molecule has 3 aromatic rings. The SMILES string of the molecule is CC(NC(=O)c1ccccc1NC(=O)Cn1c(=O)cc(Cl)n(C)c1=O)c1ccccc1. The van der Waals surface area contributed by atoms with Gasteiger partial charge in [-0.25, -0.2) is 4.79 Å². The number of hydrogen-bond donors (Lipinski definition) is 2. The number of nitrogens with one attached hydrogen (secondary N) is 2. The second kappa shape index (κ2) is 9.44. The summed E-state index contributed by atoms with van der Waals surface area (Å²) in [6.07, 6.45) is 0. The van der Waals surface area contributed by atoms with Gasteiger partial charge in [-0.3, -0.25) is 23.5 Å². The predicted octanol–water partition coefficient (Wildman–Crippen LogP) is 2.33. The van der Waals surface area contributed by atoms with Crippen LogP contribution in [0.15, 0.2) is 70.3 Å². The molecule has 1 unspecified atom stereocenters. The highest BCUT2D eigenvalue weighted by atomic mass is 35.5. The number of benzene rings is 2. The van der Waals surface area contributed by atoms with Gasteiger partial charge >= 0.3 is 5.69 Å². The lowest BCUT2D eigenvalue weighted by atomic mass is 10.1. The van der Waals surface area contributed by atoms with Crippen LogP contribution < -0.4 is 21.9 Å². The van der Waals surface area contributed by atoms with Crippen LogP contribution in [0.2, 0.25) is 5.15 Å². The molecule has 31 heavy (non-hydrogen) atoms. The molecule has 0 aliphatic heterocycles. The van der Waals surface area contributed by atoms with Gasteiger partial charge in [-0.05, 0) is 24.6 Å². The summed E-state index contributed by atoms with van der Waals surface area (Å²) in [6.45, 7) is 1.34. The third-order valence-corrected chi connectivity index (χ3v) is 5.10. The van der Waals surface area contributed by atoms with Crippen LogP contribution in [0.5, 0.6) is 0 Å². The molecule has 2 amide bonds. The molecule has 9 heteroatoms. The Balaban J connectivity index is 1.77. The van der Waals surface area contributed by atoms with Crippen molar-refractivity contribution < 1.29 is 9.59 Å². The third kappa shape index (κ3) is 5.10. The van der Waals surface area contributed by atoms with Crippen LogP contribution in [0.3, 0.4) is 0 Å². The first-order valence-electron chi connectivity index (χ1n) is 9.49. The second-order valence-corrected chi connectivity index (χ2v) is 7.32. The highest BCUT2D eigenvalue weighted by Crippen LogP contribution is 2.18. The molecule has 3 rings (SSSR count). The third-order valence-electron chi connectivity index (χ3n) is 4.74. The van der Waals surface area contributed by atoms with Crippen LogP contribution in [-0.4, -0.2) is 20.9 Å². The maximum Gasteiger partial charge on any atom is 0.332 e. The topological polar surface area (TPSA) is 102 Å². The van der Waals surface area contributed by atoms with E-state index >= 15 is 0 Å². The number of hydrogen-bond acceptors (Lipinski definition) is 4. The number of carbonyl (C=O) groups excluding carboxylic acids is 2. The molecule has 0 aliphatic carbocycles. The highest BCUT2D eigenvalue weighted by Gasteiger charge is 2.17. The second-order valence-electron chi connectivity index (χ2n) is 6.93. The first kappa shape index (κ1) is 22.0. The fourth-order valence-electron chi connectivity index (χ4n) is 3.01. The minimum absolute atomic E-state index is 0.0267. The molecule has 0 aliphatic rings. The molecule has 1 atom stereocenters. The van der Waals surface area contributed by atoms with E-state index < -0.39 is 23.7 Å². The monoisotopic (exact) mass is 440 g/mol. The van der Waals surface area contributed by atoms with Gasteiger partial charge in [0.05, 0.1) is 17.3 Å². The summed E-state index contributed by atoms with van der Waals surface area (Å²) < 4.78 is 1.82. The van der Waals surface area contributed by atoms with Gasteiger partial charge in [-0.1, -0.05) is 54.1 Å². The lowest BCUT2D eigenvalue weighted by molar-refractivity contribution is -0.116. The Labute approximate surface area is 183 Å². The Morgan fingerprint density at radius 3 is 2.39 bits per heavy atom. The number of aromatic nitrogens is 2. The van der Waals surface area contributed by atoms with Crippen LogP contribution in [-0.2, 0) is 18.4 Å². The largest absolute Gasteiger partial charge is 0.345 e. The van der Waals surface area contributed by atoms with Gasteiger partial charge in [-0.2, -0.15) is 0 Å². The van der Waals surface area contributed by atoms with Crippen LogP contribution in [0.25, 0.3) is 0 Å². The molecule has 0 saturated heterocycles. The fourth-order valence-corrected chi connectivity index (χ4v) is 3.18. The zero-order valence-corrected chi connectivity index (χ0v) is 17.7. The van der Waals surface area contributed by atoms with Crippen LogP contribution in [0.4, 0.5) is 5.69 Å². The Kier molecular flexibility index (Phi) is 6.71. The minimum atomic E-state index is -0.713. The summed E-state index contributed by atoms with van der Waals surface area (Å²) >= 11 is 5.80. The van der Waals surface area contributed by atoms with Crippen molar-refractivity contribution in [2.24, 2.45) is 7.05 Å². The normalized spacial score (nSPS) is 11.6. The van der Waals surface area contributed by atoms with E-state index in [1.807, 2.05) is 37.3 Å². The molecular formula is C22H21ClN4O4. The van der Waals surface area contributed by atoms with Crippen molar-refractivity contribution in [2.75, 3.05) is 5.32 Å². The quantitative estimate of drug-likeness (QED) is 0.574. The van der Waals surface area contributed by atoms with E-state index in [9.17, 15) is 19.2 Å². The highest BCUT2D eigenvalue weighted by molar-refractivity contribution is 6.29. The van der Waals surface area contributed by atoms with E-state index in [0.29, 0.717) is 0 Å². The maximum absolute atomic E-state index is 12.8. The zero-order valence-electron chi connectivity index (χ0n) is 17.0. The van der Waals surface area contributed by atoms with Crippen LogP contribution >= 0.6 is 11.6 Å². The van der Waals surface area contributed by atoms with E-state index in [-0.39, 0.29) is 28.4 Å². The molecule has 2 N–H and O–H groups in total. The van der Waals surface area contributed by atoms with Crippen molar-refractivity contribution in [3.63, 3.8) is 0 Å². The summed E-state index contributed by atoms with van der Waals surface area (Å²) in [5.41, 5.74) is 0.0655. The molecule has 0 saturated carbocycles. The summed E-state index contributed by atoms with van der Waals surface area (Å²) in [5, 5.41) is 5.47. The molecule has 0 bridgehead atoms. The van der Waals surface area contributed by atoms with Crippen molar-refractivity contribution >= 4 is 29.1 Å². The van der Waals surface area contributed by atoms with Crippen LogP contribution in [0.1, 0.15) is 28.9 Å². The van der Waals surface area contributed by atoms with Gasteiger partial charge in [-0.15, -0.1) is 0 Å². The molecule has 1 heterocycles. The van der Waals surface area contributed by atoms with Gasteiger partial charge in [0.25, 0.3) is 11.5 Å². The Hall–Kier alpha value is -3.65. The zero-order chi connectivity index (χ0) is 22.5. The standard InChI is InChI=1S/C22H21ClN4O4/c1-14(15-8-4-3-5-9-15)24-21(30)16-10-6-7-11-17(16)25-19(28)13-27-20(29)12-18(23)26(2)22(27)31/h3-12,14H,13H2,1-2H3,(H,24,30)(H,25,28). The number of carbonyl (C=O) groups is 2. The van der Waals surface area contributed by atoms with Gasteiger partial charge < -0.3 is 10.6 Å². The van der Waals surface area contributed by atoms with Gasteiger partial charge in [0.15, 0.2) is 0 Å². The van der Waals surface area contributed by atoms with E-state index in [2.05, 4.69) is 10.6 Å². The van der Waals surface area contributed by atoms with Gasteiger partial charge in [0, 0.05) is 13.1 Å². The average Bonchev–Trinajstić information content (AvgIpc) is 2.76. The van der Waals surface area contributed by atoms with E-state index in [4.69, 9.17) is 11.6 Å². The summed E-state index contributed by atoms with van der Waals surface area (Å²) in [6, 6.07) is 16.8. The number of halogens is 1. The van der Waals surface area contributed by atoms with Gasteiger partial charge in [0.1, 0.15) is 11.7 Å². The number of anilines is 1. The Morgan fingerprint density at radius 1 is 1.03 bits per heavy atom. The van der Waals surface area contributed by atoms with Crippen molar-refractivity contribution in [1.82, 2.24) is 14.5 Å². The van der Waals surface area contributed by atoms with E-state index in [1.54, 1.807) is 24.3 Å². The first-order chi connectivity index (χ1) is 14.8. The Morgan fingerprint density at radius 2 is 1.68 bits per heavy atom. The number of amides is 2. The molecular weight excluding hydrogens is 420 g/mol. The maximum atomic E-state index is 12.8. The number of para-hydroxylation sites is 1. The summed E-state index contributed by atoms with van der Waals surface area (Å²) in [5.74, 6) is -0.996. The van der Waals surface area contributed by atoms with E-state index in [1.165, 1.54) is 7.05 Å². The van der Waals surface area contributed by atoms with Crippen molar-refractivity contribution in [1.29, 1.82) is 0 Å². The predicted molar refractivity (Wildman–Crippen MR) is 118 cm³/mol. The lowest BCUT2D eigenvalue weighted by Gasteiger charge is -2.16. The lowest BCUT2D eigenvalue weighted by Crippen LogP contribution is -2.41. The summed E-state index contributed by atoms with van der Waals surface area (Å²) in [7, 11) is 1.39. The Bertz CT molecular complexity index is 1230. The van der Waals surface area contributed by atoms with Crippen LogP contribution in [0, 0.1) is 0 Å². The van der Waals surface area contributed by atoms with Gasteiger partial charge in [0.2, 0.25) is 5.91 Å². The molecule has 0 fully saturated rings.